The first-order valence-corrected chi connectivity index (χ1v) is 3.54. The van der Waals surface area contributed by atoms with Crippen molar-refractivity contribution < 1.29 is 4.74 Å². The fourth-order valence-electron chi connectivity index (χ4n) is 1.64. The number of pyridine rings is 1. The molecule has 0 radical (unpaired) electrons. The van der Waals surface area contributed by atoms with Gasteiger partial charge in [0.2, 0.25) is 0 Å². The molecule has 2 aliphatic rings. The van der Waals surface area contributed by atoms with Gasteiger partial charge in [-0.25, -0.2) is 0 Å². The van der Waals surface area contributed by atoms with Gasteiger partial charge >= 0.3 is 0 Å². The Balaban J connectivity index is 2.22. The monoisotopic (exact) mass is 133 g/mol. The van der Waals surface area contributed by atoms with E-state index in [4.69, 9.17) is 4.74 Å². The predicted octanol–water partition coefficient (Wildman–Crippen LogP) is 1.08. The van der Waals surface area contributed by atoms with E-state index in [0.717, 1.165) is 6.42 Å². The third kappa shape index (κ3) is 0.457. The minimum atomic E-state index is 0.406. The second-order valence-corrected chi connectivity index (χ2v) is 2.84. The molecule has 2 heteroatoms. The molecule has 1 aromatic rings. The van der Waals surface area contributed by atoms with Crippen molar-refractivity contribution in [2.45, 2.75) is 18.6 Å². The van der Waals surface area contributed by atoms with Crippen LogP contribution < -0.4 is 0 Å². The van der Waals surface area contributed by atoms with Crippen LogP contribution in [0.4, 0.5) is 0 Å². The zero-order valence-electron chi connectivity index (χ0n) is 5.45. The topological polar surface area (TPSA) is 25.4 Å². The molecule has 2 nitrogen and oxygen atoms in total. The van der Waals surface area contributed by atoms with Crippen molar-refractivity contribution in [1.82, 2.24) is 4.98 Å². The van der Waals surface area contributed by atoms with E-state index in [2.05, 4.69) is 11.1 Å². The van der Waals surface area contributed by atoms with Gasteiger partial charge in [-0.15, -0.1) is 0 Å². The van der Waals surface area contributed by atoms with Crippen LogP contribution >= 0.6 is 0 Å². The fourth-order valence-corrected chi connectivity index (χ4v) is 1.64. The van der Waals surface area contributed by atoms with Crippen molar-refractivity contribution in [2.24, 2.45) is 0 Å². The van der Waals surface area contributed by atoms with Crippen molar-refractivity contribution in [3.8, 4) is 0 Å². The molecule has 1 aliphatic heterocycles. The van der Waals surface area contributed by atoms with Crippen LogP contribution in [0.25, 0.3) is 0 Å². The number of aromatic nitrogens is 1. The number of nitrogens with zero attached hydrogens (tertiary/aromatic N) is 1. The summed E-state index contributed by atoms with van der Waals surface area (Å²) >= 11 is 0. The van der Waals surface area contributed by atoms with Gasteiger partial charge in [-0.1, -0.05) is 6.07 Å². The third-order valence-electron chi connectivity index (χ3n) is 2.21. The highest BCUT2D eigenvalue weighted by atomic mass is 16.6. The van der Waals surface area contributed by atoms with E-state index in [1.54, 1.807) is 0 Å². The van der Waals surface area contributed by atoms with Gasteiger partial charge in [-0.3, -0.25) is 4.98 Å². The van der Waals surface area contributed by atoms with Crippen LogP contribution in [-0.4, -0.2) is 11.1 Å². The standard InChI is InChI=1S/C8H7NO/c1-2-5-6(9-3-1)4-7-8(5)10-7/h1-3,7-8H,4H2. The molecule has 0 spiro atoms. The zero-order valence-corrected chi connectivity index (χ0v) is 5.45. The first-order chi connectivity index (χ1) is 4.95. The second kappa shape index (κ2) is 1.40. The van der Waals surface area contributed by atoms with Gasteiger partial charge in [0.05, 0.1) is 6.10 Å². The van der Waals surface area contributed by atoms with E-state index in [1.807, 2.05) is 12.3 Å². The first-order valence-electron chi connectivity index (χ1n) is 3.54. The van der Waals surface area contributed by atoms with Crippen LogP contribution in [0, 0.1) is 0 Å². The SMILES string of the molecule is c1cnc2c(c1)C1OC1C2. The molecule has 1 saturated heterocycles. The van der Waals surface area contributed by atoms with Gasteiger partial charge in [0.1, 0.15) is 6.10 Å². The lowest BCUT2D eigenvalue weighted by molar-refractivity contribution is 0.358. The molecular weight excluding hydrogens is 126 g/mol. The first kappa shape index (κ1) is 4.85. The number of hydrogen-bond acceptors (Lipinski definition) is 2. The molecule has 10 heavy (non-hydrogen) atoms. The normalized spacial score (nSPS) is 33.2. The Labute approximate surface area is 58.8 Å². The molecule has 2 unspecified atom stereocenters. The van der Waals surface area contributed by atoms with Gasteiger partial charge in [0.25, 0.3) is 0 Å². The average Bonchev–Trinajstić information content (AvgIpc) is 2.64. The Bertz CT molecular complexity index is 284. The predicted molar refractivity (Wildman–Crippen MR) is 35.6 cm³/mol. The molecule has 0 bridgehead atoms. The summed E-state index contributed by atoms with van der Waals surface area (Å²) in [6, 6.07) is 4.09. The highest BCUT2D eigenvalue weighted by molar-refractivity contribution is 5.33. The van der Waals surface area contributed by atoms with Crippen molar-refractivity contribution in [2.75, 3.05) is 0 Å². The molecule has 2 atom stereocenters. The molecule has 50 valence electrons. The average molecular weight is 133 g/mol. The second-order valence-electron chi connectivity index (χ2n) is 2.84. The lowest BCUT2D eigenvalue weighted by Gasteiger charge is -1.97. The number of hydrogen-bond donors (Lipinski definition) is 0. The molecular formula is C8H7NO. The van der Waals surface area contributed by atoms with Gasteiger partial charge in [-0.2, -0.15) is 0 Å². The van der Waals surface area contributed by atoms with Crippen LogP contribution in [0.15, 0.2) is 18.3 Å². The number of epoxide rings is 1. The highest BCUT2D eigenvalue weighted by Crippen LogP contribution is 2.47. The molecule has 3 rings (SSSR count). The van der Waals surface area contributed by atoms with Gasteiger partial charge in [-0.05, 0) is 6.07 Å². The van der Waals surface area contributed by atoms with E-state index in [1.165, 1.54) is 11.3 Å². The van der Waals surface area contributed by atoms with E-state index in [-0.39, 0.29) is 0 Å². The summed E-state index contributed by atoms with van der Waals surface area (Å²) < 4.78 is 5.34. The summed E-state index contributed by atoms with van der Waals surface area (Å²) in [5.41, 5.74) is 2.55. The van der Waals surface area contributed by atoms with Crippen molar-refractivity contribution >= 4 is 0 Å². The lowest BCUT2D eigenvalue weighted by atomic mass is 10.2. The molecule has 0 saturated carbocycles. The van der Waals surface area contributed by atoms with Crippen LogP contribution in [0.3, 0.4) is 0 Å². The van der Waals surface area contributed by atoms with Crippen molar-refractivity contribution in [3.63, 3.8) is 0 Å². The Morgan fingerprint density at radius 1 is 1.60 bits per heavy atom. The quantitative estimate of drug-likeness (QED) is 0.495. The van der Waals surface area contributed by atoms with E-state index >= 15 is 0 Å². The molecule has 2 heterocycles. The number of ether oxygens (including phenoxy) is 1. The summed E-state index contributed by atoms with van der Waals surface area (Å²) in [6.07, 6.45) is 3.76. The summed E-state index contributed by atoms with van der Waals surface area (Å²) in [5.74, 6) is 0. The van der Waals surface area contributed by atoms with Crippen LogP contribution in [-0.2, 0) is 11.2 Å². The van der Waals surface area contributed by atoms with Crippen LogP contribution in [0.1, 0.15) is 17.4 Å². The third-order valence-corrected chi connectivity index (χ3v) is 2.21. The Hall–Kier alpha value is -0.890. The molecule has 1 fully saturated rings. The Morgan fingerprint density at radius 3 is 3.50 bits per heavy atom. The maximum Gasteiger partial charge on any atom is 0.111 e. The summed E-state index contributed by atoms with van der Waals surface area (Å²) in [5, 5.41) is 0. The van der Waals surface area contributed by atoms with E-state index in [9.17, 15) is 0 Å². The maximum atomic E-state index is 5.34. The highest BCUT2D eigenvalue weighted by Gasteiger charge is 2.47. The lowest BCUT2D eigenvalue weighted by Crippen LogP contribution is -1.91. The Kier molecular flexibility index (Phi) is 0.680. The van der Waals surface area contributed by atoms with E-state index < -0.39 is 0 Å². The van der Waals surface area contributed by atoms with Crippen LogP contribution in [0.2, 0.25) is 0 Å². The van der Waals surface area contributed by atoms with E-state index in [0.29, 0.717) is 12.2 Å². The molecule has 0 N–H and O–H groups in total. The van der Waals surface area contributed by atoms with Crippen LogP contribution in [0.5, 0.6) is 0 Å². The summed E-state index contributed by atoms with van der Waals surface area (Å²) in [6.45, 7) is 0. The maximum absolute atomic E-state index is 5.34. The minimum absolute atomic E-state index is 0.406. The van der Waals surface area contributed by atoms with Crippen molar-refractivity contribution in [3.05, 3.63) is 29.6 Å². The number of rotatable bonds is 0. The molecule has 0 aromatic carbocycles. The zero-order chi connectivity index (χ0) is 6.55. The smallest absolute Gasteiger partial charge is 0.111 e. The van der Waals surface area contributed by atoms with Gasteiger partial charge in [0, 0.05) is 23.9 Å². The minimum Gasteiger partial charge on any atom is -0.364 e. The summed E-state index contributed by atoms with van der Waals surface area (Å²) in [4.78, 5) is 4.26. The summed E-state index contributed by atoms with van der Waals surface area (Å²) in [7, 11) is 0. The fraction of sp³-hybridized carbons (Fsp3) is 0.375. The Morgan fingerprint density at radius 2 is 2.60 bits per heavy atom. The van der Waals surface area contributed by atoms with Gasteiger partial charge < -0.3 is 4.74 Å². The molecule has 1 aliphatic carbocycles. The number of fused-ring (bicyclic) bond motifs is 3. The van der Waals surface area contributed by atoms with Crippen molar-refractivity contribution in [1.29, 1.82) is 0 Å². The van der Waals surface area contributed by atoms with Gasteiger partial charge in [0.15, 0.2) is 0 Å². The molecule has 1 aromatic heterocycles. The molecule has 0 amide bonds. The largest absolute Gasteiger partial charge is 0.364 e.